The Morgan fingerprint density at radius 2 is 2.00 bits per heavy atom. The average molecular weight is 442 g/mol. The molecule has 1 unspecified atom stereocenters. The zero-order chi connectivity index (χ0) is 21.1. The van der Waals surface area contributed by atoms with Crippen molar-refractivity contribution in [2.75, 3.05) is 0 Å². The zero-order valence-corrected chi connectivity index (χ0v) is 17.8. The third kappa shape index (κ3) is 4.83. The van der Waals surface area contributed by atoms with Gasteiger partial charge in [0.05, 0.1) is 0 Å². The molecule has 7 nitrogen and oxygen atoms in total. The van der Waals surface area contributed by atoms with Gasteiger partial charge < -0.3 is 5.32 Å². The van der Waals surface area contributed by atoms with E-state index in [0.717, 1.165) is 22.0 Å². The molecule has 4 rings (SSSR count). The first-order valence-corrected chi connectivity index (χ1v) is 10.8. The van der Waals surface area contributed by atoms with Crippen LogP contribution in [0.25, 0.3) is 5.69 Å². The van der Waals surface area contributed by atoms with E-state index in [2.05, 4.69) is 26.9 Å². The van der Waals surface area contributed by atoms with E-state index in [-0.39, 0.29) is 18.4 Å². The molecule has 30 heavy (non-hydrogen) atoms. The van der Waals surface area contributed by atoms with Gasteiger partial charge in [-0.1, -0.05) is 47.6 Å². The van der Waals surface area contributed by atoms with E-state index >= 15 is 0 Å². The number of carbonyl (C=O) groups is 2. The summed E-state index contributed by atoms with van der Waals surface area (Å²) >= 11 is 7.66. The average Bonchev–Trinajstić information content (AvgIpc) is 3.08. The van der Waals surface area contributed by atoms with Crippen molar-refractivity contribution in [3.05, 3.63) is 70.5 Å². The second kappa shape index (κ2) is 8.89. The van der Waals surface area contributed by atoms with E-state index in [9.17, 15) is 9.59 Å². The van der Waals surface area contributed by atoms with Crippen LogP contribution in [0, 0.1) is 6.92 Å². The Kier molecular flexibility index (Phi) is 6.06. The van der Waals surface area contributed by atoms with Gasteiger partial charge >= 0.3 is 6.03 Å². The Hall–Kier alpha value is -2.84. The summed E-state index contributed by atoms with van der Waals surface area (Å²) in [5, 5.41) is 15.2. The first kappa shape index (κ1) is 20.4. The summed E-state index contributed by atoms with van der Waals surface area (Å²) in [4.78, 5) is 23.4. The normalized spacial score (nSPS) is 16.3. The minimum atomic E-state index is -0.478. The van der Waals surface area contributed by atoms with Gasteiger partial charge in [-0.25, -0.2) is 4.79 Å². The van der Waals surface area contributed by atoms with E-state index in [4.69, 9.17) is 11.6 Å². The number of halogens is 1. The van der Waals surface area contributed by atoms with Gasteiger partial charge in [0.1, 0.15) is 5.82 Å². The van der Waals surface area contributed by atoms with Crippen LogP contribution >= 0.6 is 23.4 Å². The number of hydrogen-bond donors (Lipinski definition) is 2. The molecule has 1 aliphatic heterocycles. The molecule has 154 valence electrons. The van der Waals surface area contributed by atoms with Crippen LogP contribution in [-0.2, 0) is 17.0 Å². The maximum absolute atomic E-state index is 11.7. The highest BCUT2D eigenvalue weighted by Crippen LogP contribution is 2.27. The van der Waals surface area contributed by atoms with Crippen molar-refractivity contribution in [2.24, 2.45) is 0 Å². The molecule has 1 aromatic heterocycles. The smallest absolute Gasteiger partial charge is 0.321 e. The number of rotatable bonds is 6. The van der Waals surface area contributed by atoms with Gasteiger partial charge in [0.2, 0.25) is 5.91 Å². The van der Waals surface area contributed by atoms with Crippen LogP contribution in [0.3, 0.4) is 0 Å². The summed E-state index contributed by atoms with van der Waals surface area (Å²) in [6, 6.07) is 15.0. The molecule has 1 fully saturated rings. The highest BCUT2D eigenvalue weighted by Gasteiger charge is 2.26. The van der Waals surface area contributed by atoms with E-state index < -0.39 is 6.03 Å². The van der Waals surface area contributed by atoms with Crippen LogP contribution in [0.15, 0.2) is 53.7 Å². The van der Waals surface area contributed by atoms with Crippen molar-refractivity contribution in [1.29, 1.82) is 0 Å². The Bertz CT molecular complexity index is 1080. The fraction of sp³-hybridized carbons (Fsp3) is 0.238. The van der Waals surface area contributed by atoms with Gasteiger partial charge in [-0.2, -0.15) is 0 Å². The minimum Gasteiger partial charge on any atom is -0.334 e. The van der Waals surface area contributed by atoms with E-state index in [1.54, 1.807) is 11.8 Å². The molecule has 1 atom stereocenters. The number of benzene rings is 2. The summed E-state index contributed by atoms with van der Waals surface area (Å²) in [5.74, 6) is 1.09. The molecule has 2 heterocycles. The molecular weight excluding hydrogens is 422 g/mol. The van der Waals surface area contributed by atoms with Gasteiger partial charge in [-0.05, 0) is 42.3 Å². The molecule has 9 heteroatoms. The third-order valence-corrected chi connectivity index (χ3v) is 5.90. The number of aromatic nitrogens is 3. The van der Waals surface area contributed by atoms with Crippen LogP contribution < -0.4 is 10.6 Å². The lowest BCUT2D eigenvalue weighted by atomic mass is 10.1. The summed E-state index contributed by atoms with van der Waals surface area (Å²) in [6.45, 7) is 2.03. The number of carbonyl (C=O) groups excluding carboxylic acids is 2. The molecule has 1 saturated heterocycles. The largest absolute Gasteiger partial charge is 0.334 e. The Labute approximate surface area is 183 Å². The topological polar surface area (TPSA) is 88.9 Å². The molecule has 0 spiro atoms. The van der Waals surface area contributed by atoms with Crippen LogP contribution in [0.2, 0.25) is 5.02 Å². The van der Waals surface area contributed by atoms with Crippen molar-refractivity contribution in [3.63, 3.8) is 0 Å². The summed E-state index contributed by atoms with van der Waals surface area (Å²) in [5.41, 5.74) is 3.14. The molecular formula is C21H20ClN5O2S. The number of amides is 3. The first-order chi connectivity index (χ1) is 14.5. The van der Waals surface area contributed by atoms with Gasteiger partial charge in [0.15, 0.2) is 5.16 Å². The van der Waals surface area contributed by atoms with Crippen LogP contribution in [0.1, 0.15) is 23.4 Å². The van der Waals surface area contributed by atoms with Crippen molar-refractivity contribution in [2.45, 2.75) is 36.7 Å². The van der Waals surface area contributed by atoms with E-state index in [0.29, 0.717) is 23.0 Å². The molecule has 0 radical (unpaired) electrons. The molecule has 2 N–H and O–H groups in total. The zero-order valence-electron chi connectivity index (χ0n) is 16.3. The van der Waals surface area contributed by atoms with E-state index in [1.165, 1.54) is 0 Å². The van der Waals surface area contributed by atoms with Crippen molar-refractivity contribution < 1.29 is 9.59 Å². The minimum absolute atomic E-state index is 0.206. The van der Waals surface area contributed by atoms with Crippen molar-refractivity contribution in [1.82, 2.24) is 25.4 Å². The fourth-order valence-corrected chi connectivity index (χ4v) is 4.47. The Morgan fingerprint density at radius 3 is 2.77 bits per heavy atom. The predicted molar refractivity (Wildman–Crippen MR) is 116 cm³/mol. The molecule has 3 amide bonds. The number of nitrogens with zero attached hydrogens (tertiary/aromatic N) is 3. The molecule has 1 aliphatic rings. The Balaban J connectivity index is 1.63. The number of urea groups is 1. The lowest BCUT2D eigenvalue weighted by Gasteiger charge is -2.23. The van der Waals surface area contributed by atoms with Crippen LogP contribution in [0.5, 0.6) is 0 Å². The first-order valence-electron chi connectivity index (χ1n) is 9.47. The van der Waals surface area contributed by atoms with Gasteiger partial charge in [-0.15, -0.1) is 10.2 Å². The summed E-state index contributed by atoms with van der Waals surface area (Å²) < 4.78 is 1.99. The third-order valence-electron chi connectivity index (χ3n) is 4.67. The maximum atomic E-state index is 11.7. The van der Waals surface area contributed by atoms with Gasteiger partial charge in [0.25, 0.3) is 0 Å². The Morgan fingerprint density at radius 1 is 1.17 bits per heavy atom. The molecule has 0 bridgehead atoms. The maximum Gasteiger partial charge on any atom is 0.321 e. The number of nitrogens with one attached hydrogen (secondary N) is 2. The highest BCUT2D eigenvalue weighted by molar-refractivity contribution is 7.98. The predicted octanol–water partition coefficient (Wildman–Crippen LogP) is 3.66. The van der Waals surface area contributed by atoms with Gasteiger partial charge in [0, 0.05) is 35.3 Å². The van der Waals surface area contributed by atoms with Crippen LogP contribution in [-0.4, -0.2) is 32.7 Å². The standard InChI is InChI=1S/C21H20ClN5O2S/c1-13-4-2-7-17(8-13)27-18(10-16-11-19(28)24-20(29)23-16)25-26-21(27)30-12-14-5-3-6-15(22)9-14/h2-9,16H,10-12H2,1H3,(H2,23,24,28,29). The van der Waals surface area contributed by atoms with Crippen molar-refractivity contribution >= 4 is 35.3 Å². The molecule has 3 aromatic rings. The summed E-state index contributed by atoms with van der Waals surface area (Å²) in [6.07, 6.45) is 0.606. The highest BCUT2D eigenvalue weighted by atomic mass is 35.5. The quantitative estimate of drug-likeness (QED) is 0.570. The monoisotopic (exact) mass is 441 g/mol. The lowest BCUT2D eigenvalue weighted by Crippen LogP contribution is -2.53. The number of thioether (sulfide) groups is 1. The number of hydrogen-bond acceptors (Lipinski definition) is 5. The molecule has 0 aliphatic carbocycles. The molecule has 2 aromatic carbocycles. The molecule has 0 saturated carbocycles. The SMILES string of the molecule is Cc1cccc(-n2c(CC3CC(=O)NC(=O)N3)nnc2SCc2cccc(Cl)c2)c1. The van der Waals surface area contributed by atoms with Gasteiger partial charge in [-0.3, -0.25) is 14.7 Å². The van der Waals surface area contributed by atoms with Crippen LogP contribution in [0.4, 0.5) is 4.79 Å². The fourth-order valence-electron chi connectivity index (χ4n) is 3.34. The summed E-state index contributed by atoms with van der Waals surface area (Å²) in [7, 11) is 0. The number of imide groups is 1. The second-order valence-corrected chi connectivity index (χ2v) is 8.50. The number of aryl methyl sites for hydroxylation is 1. The second-order valence-electron chi connectivity index (χ2n) is 7.12. The van der Waals surface area contributed by atoms with E-state index in [1.807, 2.05) is 54.0 Å². The van der Waals surface area contributed by atoms with Crippen molar-refractivity contribution in [3.8, 4) is 5.69 Å². The lowest BCUT2D eigenvalue weighted by molar-refractivity contribution is -0.121.